The third kappa shape index (κ3) is 30.3. The maximum absolute atomic E-state index is 13.0. The minimum atomic E-state index is -1.56. The van der Waals surface area contributed by atoms with Crippen LogP contribution >= 0.6 is 0 Å². The molecule has 1 amide bonds. The van der Waals surface area contributed by atoms with E-state index in [2.05, 4.69) is 92.1 Å². The van der Waals surface area contributed by atoms with E-state index in [1.165, 1.54) is 64.2 Å². The Hall–Kier alpha value is -2.37. The molecule has 0 aromatic rings. The van der Waals surface area contributed by atoms with Gasteiger partial charge in [0.1, 0.15) is 24.4 Å². The lowest BCUT2D eigenvalue weighted by molar-refractivity contribution is -0.302. The average Bonchev–Trinajstić information content (AvgIpc) is 3.23. The van der Waals surface area contributed by atoms with Crippen LogP contribution in [-0.2, 0) is 14.3 Å². The van der Waals surface area contributed by atoms with E-state index in [1.807, 2.05) is 0 Å². The third-order valence-electron chi connectivity index (χ3n) is 10.8. The average molecular weight is 830 g/mol. The monoisotopic (exact) mass is 830 g/mol. The first kappa shape index (κ1) is 54.6. The number of amides is 1. The van der Waals surface area contributed by atoms with E-state index in [0.717, 1.165) is 89.9 Å². The molecule has 7 unspecified atom stereocenters. The van der Waals surface area contributed by atoms with Gasteiger partial charge >= 0.3 is 0 Å². The van der Waals surface area contributed by atoms with Crippen molar-refractivity contribution in [2.75, 3.05) is 13.2 Å². The first-order chi connectivity index (χ1) is 28.8. The van der Waals surface area contributed by atoms with Gasteiger partial charge in [-0.05, 0) is 64.2 Å². The Morgan fingerprint density at radius 3 is 1.56 bits per heavy atom. The Morgan fingerprint density at radius 1 is 0.593 bits per heavy atom. The summed E-state index contributed by atoms with van der Waals surface area (Å²) in [5.74, 6) is -0.159. The summed E-state index contributed by atoms with van der Waals surface area (Å²) < 4.78 is 11.2. The fourth-order valence-electron chi connectivity index (χ4n) is 7.04. The molecule has 0 spiro atoms. The van der Waals surface area contributed by atoms with Crippen LogP contribution in [0.15, 0.2) is 72.9 Å². The number of aliphatic hydroxyl groups excluding tert-OH is 5. The van der Waals surface area contributed by atoms with Crippen LogP contribution in [-0.4, -0.2) is 87.5 Å². The Labute approximate surface area is 359 Å². The molecule has 1 aliphatic rings. The van der Waals surface area contributed by atoms with Crippen LogP contribution in [0.25, 0.3) is 0 Å². The van der Waals surface area contributed by atoms with Crippen LogP contribution in [0, 0.1) is 0 Å². The smallest absolute Gasteiger partial charge is 0.220 e. The Morgan fingerprint density at radius 2 is 1.05 bits per heavy atom. The summed E-state index contributed by atoms with van der Waals surface area (Å²) >= 11 is 0. The van der Waals surface area contributed by atoms with Crippen molar-refractivity contribution in [1.82, 2.24) is 5.32 Å². The molecule has 0 bridgehead atoms. The molecule has 0 radical (unpaired) electrons. The quantitative estimate of drug-likeness (QED) is 0.0266. The molecule has 0 saturated carbocycles. The predicted octanol–water partition coefficient (Wildman–Crippen LogP) is 10.2. The first-order valence-corrected chi connectivity index (χ1v) is 23.6. The number of nitrogens with one attached hydrogen (secondary N) is 1. The number of hydrogen-bond acceptors (Lipinski definition) is 8. The van der Waals surface area contributed by atoms with Crippen molar-refractivity contribution >= 4 is 5.91 Å². The highest BCUT2D eigenvalue weighted by molar-refractivity contribution is 5.76. The number of allylic oxidation sites excluding steroid dienone is 12. The van der Waals surface area contributed by atoms with Crippen LogP contribution in [0.5, 0.6) is 0 Å². The minimum absolute atomic E-state index is 0.146. The number of aliphatic hydroxyl groups is 5. The molecule has 0 aromatic carbocycles. The zero-order valence-corrected chi connectivity index (χ0v) is 37.2. The van der Waals surface area contributed by atoms with Gasteiger partial charge in [0.05, 0.1) is 25.4 Å². The summed E-state index contributed by atoms with van der Waals surface area (Å²) in [7, 11) is 0. The van der Waals surface area contributed by atoms with Crippen LogP contribution in [0.1, 0.15) is 181 Å². The Kier molecular flexibility index (Phi) is 36.8. The molecule has 1 aliphatic heterocycles. The molecule has 1 heterocycles. The Bertz CT molecular complexity index is 1150. The molecule has 0 aromatic heterocycles. The lowest BCUT2D eigenvalue weighted by Crippen LogP contribution is -2.60. The zero-order valence-electron chi connectivity index (χ0n) is 37.2. The molecule has 9 heteroatoms. The maximum atomic E-state index is 13.0. The van der Waals surface area contributed by atoms with Crippen LogP contribution in [0.3, 0.4) is 0 Å². The fraction of sp³-hybridized carbons (Fsp3) is 0.740. The molecular weight excluding hydrogens is 743 g/mol. The third-order valence-corrected chi connectivity index (χ3v) is 10.8. The van der Waals surface area contributed by atoms with E-state index in [4.69, 9.17) is 9.47 Å². The molecule has 7 atom stereocenters. The largest absolute Gasteiger partial charge is 0.394 e. The van der Waals surface area contributed by atoms with E-state index in [9.17, 15) is 30.3 Å². The number of hydrogen-bond donors (Lipinski definition) is 6. The van der Waals surface area contributed by atoms with Crippen molar-refractivity contribution in [3.05, 3.63) is 72.9 Å². The van der Waals surface area contributed by atoms with Gasteiger partial charge in [-0.25, -0.2) is 0 Å². The second kappa shape index (κ2) is 39.7. The predicted molar refractivity (Wildman–Crippen MR) is 244 cm³/mol. The van der Waals surface area contributed by atoms with Gasteiger partial charge in [-0.2, -0.15) is 0 Å². The van der Waals surface area contributed by atoms with Crippen molar-refractivity contribution in [2.45, 2.75) is 224 Å². The van der Waals surface area contributed by atoms with E-state index in [0.29, 0.717) is 12.8 Å². The van der Waals surface area contributed by atoms with Gasteiger partial charge in [0.25, 0.3) is 0 Å². The highest BCUT2D eigenvalue weighted by Crippen LogP contribution is 2.23. The first-order valence-electron chi connectivity index (χ1n) is 23.6. The number of carbonyl (C=O) groups is 1. The summed E-state index contributed by atoms with van der Waals surface area (Å²) in [6.45, 7) is 3.67. The molecule has 9 nitrogen and oxygen atoms in total. The molecule has 0 aliphatic carbocycles. The highest BCUT2D eigenvalue weighted by Gasteiger charge is 2.44. The van der Waals surface area contributed by atoms with Gasteiger partial charge in [-0.1, -0.05) is 183 Å². The van der Waals surface area contributed by atoms with Gasteiger partial charge in [-0.15, -0.1) is 0 Å². The van der Waals surface area contributed by atoms with Crippen LogP contribution in [0.4, 0.5) is 0 Å². The van der Waals surface area contributed by atoms with Crippen molar-refractivity contribution in [2.24, 2.45) is 0 Å². The van der Waals surface area contributed by atoms with Gasteiger partial charge in [0, 0.05) is 6.42 Å². The molecular formula is C50H87NO8. The Balaban J connectivity index is 2.23. The number of ether oxygens (including phenoxy) is 2. The number of carbonyl (C=O) groups excluding carboxylic acids is 1. The topological polar surface area (TPSA) is 149 Å². The molecule has 59 heavy (non-hydrogen) atoms. The van der Waals surface area contributed by atoms with Crippen LogP contribution in [0.2, 0.25) is 0 Å². The van der Waals surface area contributed by atoms with Crippen molar-refractivity contribution < 1.29 is 39.8 Å². The molecule has 1 rings (SSSR count). The zero-order chi connectivity index (χ0) is 43.0. The van der Waals surface area contributed by atoms with Crippen molar-refractivity contribution in [1.29, 1.82) is 0 Å². The van der Waals surface area contributed by atoms with Gasteiger partial charge < -0.3 is 40.3 Å². The summed E-state index contributed by atoms with van der Waals surface area (Å²) in [4.78, 5) is 13.0. The molecule has 1 fully saturated rings. The van der Waals surface area contributed by atoms with E-state index in [1.54, 1.807) is 0 Å². The summed E-state index contributed by atoms with van der Waals surface area (Å²) in [5.41, 5.74) is 0. The summed E-state index contributed by atoms with van der Waals surface area (Å²) in [6, 6.07) is -0.725. The lowest BCUT2D eigenvalue weighted by Gasteiger charge is -2.40. The van der Waals surface area contributed by atoms with E-state index in [-0.39, 0.29) is 12.5 Å². The van der Waals surface area contributed by atoms with Crippen molar-refractivity contribution in [3.63, 3.8) is 0 Å². The SMILES string of the molecule is CC/C=C\C/C=C\C/C=C\C/C=C\C/C=C\C/C=C\CCCCCCCCCCC(=O)NC(COC1OC(CO)C(O)C(O)C1O)C(O)CCCCCCCCCCC. The number of unbranched alkanes of at least 4 members (excludes halogenated alkanes) is 16. The molecule has 6 N–H and O–H groups in total. The normalized spacial score (nSPS) is 21.4. The number of rotatable bonds is 38. The molecule has 1 saturated heterocycles. The van der Waals surface area contributed by atoms with Gasteiger partial charge in [0.2, 0.25) is 5.91 Å². The van der Waals surface area contributed by atoms with Crippen molar-refractivity contribution in [3.8, 4) is 0 Å². The fourth-order valence-corrected chi connectivity index (χ4v) is 7.04. The maximum Gasteiger partial charge on any atom is 0.220 e. The second-order valence-corrected chi connectivity index (χ2v) is 16.2. The second-order valence-electron chi connectivity index (χ2n) is 16.2. The molecule has 340 valence electrons. The minimum Gasteiger partial charge on any atom is -0.394 e. The van der Waals surface area contributed by atoms with Gasteiger partial charge in [0.15, 0.2) is 6.29 Å². The summed E-state index contributed by atoms with van der Waals surface area (Å²) in [5, 5.41) is 54.2. The standard InChI is InChI=1S/C50H87NO8/c1-3-5-7-9-11-13-14-15-16-17-18-19-20-21-22-23-24-25-26-27-28-29-30-32-34-36-38-40-46(54)51-43(44(53)39-37-35-33-31-12-10-8-6-4-2)42-58-50-49(57)48(56)47(55)45(41-52)59-50/h5,7,11,13,15-16,18-19,21-22,24-25,43-45,47-50,52-53,55-57H,3-4,6,8-10,12,14,17,20,23,26-42H2,1-2H3,(H,51,54)/b7-5-,13-11-,16-15-,19-18-,22-21-,25-24-. The summed E-state index contributed by atoms with van der Waals surface area (Å²) in [6.07, 6.45) is 46.3. The lowest BCUT2D eigenvalue weighted by atomic mass is 9.99. The van der Waals surface area contributed by atoms with E-state index >= 15 is 0 Å². The van der Waals surface area contributed by atoms with E-state index < -0.39 is 49.5 Å². The van der Waals surface area contributed by atoms with Crippen LogP contribution < -0.4 is 5.32 Å². The van der Waals surface area contributed by atoms with Gasteiger partial charge in [-0.3, -0.25) is 4.79 Å². The highest BCUT2D eigenvalue weighted by atomic mass is 16.7.